The zero-order valence-electron chi connectivity index (χ0n) is 47.3. The van der Waals surface area contributed by atoms with Crippen LogP contribution < -0.4 is 4.89 Å². The molecule has 0 saturated heterocycles. The van der Waals surface area contributed by atoms with Crippen LogP contribution in [0, 0.1) is 0 Å². The monoisotopic (exact) mass is 803 g/mol. The molecule has 0 heterocycles. The maximum Gasteiger partial charge on any atom is 0.306 e. The number of phosphoric ester groups is 1. The summed E-state index contributed by atoms with van der Waals surface area (Å²) in [6.45, 7) is -19.4. The molecule has 0 amide bonds. The van der Waals surface area contributed by atoms with Crippen LogP contribution in [0.1, 0.15) is 237 Å². The van der Waals surface area contributed by atoms with E-state index in [0.29, 0.717) is 12.8 Å². The van der Waals surface area contributed by atoms with Crippen molar-refractivity contribution in [3.63, 3.8) is 0 Å². The van der Waals surface area contributed by atoms with Gasteiger partial charge in [-0.25, -0.2) is 0 Å². The van der Waals surface area contributed by atoms with Gasteiger partial charge in [-0.15, -0.1) is 0 Å². The molecule has 0 aromatic rings. The predicted molar refractivity (Wildman–Crippen MR) is 222 cm³/mol. The Balaban J connectivity index is 5.33. The molecule has 0 fully saturated rings. The van der Waals surface area contributed by atoms with Gasteiger partial charge in [-0.05, 0) is 12.8 Å². The molecule has 10 heteroatoms. The number of phosphoric acid groups is 1. The predicted octanol–water partition coefficient (Wildman–Crippen LogP) is 12.2. The quantitative estimate of drug-likeness (QED) is 0.0260. The minimum absolute atomic E-state index is 0.0355. The molecule has 0 bridgehead atoms. The maximum atomic E-state index is 13.0. The number of carbonyl (C=O) groups is 2. The lowest BCUT2D eigenvalue weighted by atomic mass is 10.0. The highest BCUT2D eigenvalue weighted by Crippen LogP contribution is 2.38. The summed E-state index contributed by atoms with van der Waals surface area (Å²) in [5, 5.41) is 0. The number of hydrogen-bond acceptors (Lipinski definition) is 8. The van der Waals surface area contributed by atoms with Crippen LogP contribution in [0.15, 0.2) is 0 Å². The number of esters is 2. The Labute approximate surface area is 352 Å². The fraction of sp³-hybridized carbons (Fsp3) is 0.955. The van der Waals surface area contributed by atoms with E-state index >= 15 is 0 Å². The normalized spacial score (nSPS) is 18.3. The molecule has 0 spiro atoms. The van der Waals surface area contributed by atoms with E-state index < -0.39 is 77.5 Å². The van der Waals surface area contributed by atoms with E-state index in [2.05, 4.69) is 18.4 Å². The van der Waals surface area contributed by atoms with E-state index in [9.17, 15) is 19.0 Å². The van der Waals surface area contributed by atoms with Crippen LogP contribution in [0.25, 0.3) is 0 Å². The third-order valence-electron chi connectivity index (χ3n) is 9.49. The number of nitrogens with zero attached hydrogens (tertiary/aromatic N) is 1. The van der Waals surface area contributed by atoms with Crippen LogP contribution in [0.5, 0.6) is 0 Å². The molecule has 0 aliphatic carbocycles. The van der Waals surface area contributed by atoms with Crippen LogP contribution in [-0.4, -0.2) is 69.7 Å². The Morgan fingerprint density at radius 1 is 0.556 bits per heavy atom. The minimum atomic E-state index is -6.14. The lowest BCUT2D eigenvalue weighted by Gasteiger charge is -2.28. The lowest BCUT2D eigenvalue weighted by Crippen LogP contribution is -2.37. The third-order valence-corrected chi connectivity index (χ3v) is 10.3. The van der Waals surface area contributed by atoms with Crippen LogP contribution >= 0.6 is 7.82 Å². The molecular weight excluding hydrogens is 701 g/mol. The Morgan fingerprint density at radius 3 is 1.28 bits per heavy atom. The number of likely N-dealkylation sites (N-methyl/N-ethyl adjacent to an activating group) is 1. The first-order valence-electron chi connectivity index (χ1n) is 28.1. The first-order valence-corrected chi connectivity index (χ1v) is 23.1. The van der Waals surface area contributed by atoms with Crippen LogP contribution in [0.2, 0.25) is 0 Å². The first kappa shape index (κ1) is 33.9. The van der Waals surface area contributed by atoms with E-state index in [1.165, 1.54) is 122 Å². The molecule has 0 saturated carbocycles. The Hall–Kier alpha value is -0.990. The summed E-state index contributed by atoms with van der Waals surface area (Å²) in [5.74, 6) is -1.43. The van der Waals surface area contributed by atoms with Gasteiger partial charge in [-0.3, -0.25) is 14.2 Å². The second-order valence-electron chi connectivity index (χ2n) is 14.9. The summed E-state index contributed by atoms with van der Waals surface area (Å²) >= 11 is 0. The van der Waals surface area contributed by atoms with Crippen molar-refractivity contribution in [1.82, 2.24) is 0 Å². The standard InChI is InChI=1S/C44H88NO8P/c1-6-8-10-12-14-16-18-20-22-24-26-28-30-32-34-36-43(46)50-40-42(41-52-54(48,49)51-39-38-45(3,4)5)53-44(47)37-35-33-31-29-27-25-23-21-19-17-15-13-11-9-7-2/h42H,6-41H2,1-5H3/t42-/m0/s1/i3D3,4D3,5D3,38D2,39D2. The van der Waals surface area contributed by atoms with Gasteiger partial charge >= 0.3 is 11.9 Å². The van der Waals surface area contributed by atoms with Gasteiger partial charge in [-0.2, -0.15) is 0 Å². The molecule has 0 aliphatic heterocycles. The van der Waals surface area contributed by atoms with Gasteiger partial charge in [-0.1, -0.05) is 194 Å². The zero-order chi connectivity index (χ0) is 51.1. The maximum absolute atomic E-state index is 13.0. The number of unbranched alkanes of at least 4 members (excludes halogenated alkanes) is 28. The highest BCUT2D eigenvalue weighted by Gasteiger charge is 2.21. The fourth-order valence-corrected chi connectivity index (χ4v) is 6.80. The van der Waals surface area contributed by atoms with E-state index in [-0.39, 0.29) is 12.8 Å². The average Bonchev–Trinajstić information content (AvgIpc) is 3.19. The van der Waals surface area contributed by atoms with Gasteiger partial charge in [0, 0.05) is 12.8 Å². The number of quaternary nitrogens is 1. The number of ether oxygens (including phenoxy) is 2. The minimum Gasteiger partial charge on any atom is -0.756 e. The molecule has 0 aromatic heterocycles. The summed E-state index contributed by atoms with van der Waals surface area (Å²) in [6.07, 6.45) is 32.3. The van der Waals surface area contributed by atoms with Crippen LogP contribution in [0.3, 0.4) is 0 Å². The van der Waals surface area contributed by atoms with Gasteiger partial charge in [0.2, 0.25) is 0 Å². The smallest absolute Gasteiger partial charge is 0.306 e. The first-order chi connectivity index (χ1) is 31.2. The molecule has 0 rings (SSSR count). The van der Waals surface area contributed by atoms with Gasteiger partial charge in [0.15, 0.2) is 6.10 Å². The van der Waals surface area contributed by atoms with Gasteiger partial charge < -0.3 is 27.9 Å². The summed E-state index contributed by atoms with van der Waals surface area (Å²) < 4.78 is 131. The van der Waals surface area contributed by atoms with Crippen molar-refractivity contribution >= 4 is 19.8 Å². The van der Waals surface area contributed by atoms with Gasteiger partial charge in [0.25, 0.3) is 7.82 Å². The van der Waals surface area contributed by atoms with Gasteiger partial charge in [0.1, 0.15) is 19.7 Å². The molecule has 54 heavy (non-hydrogen) atoms. The van der Waals surface area contributed by atoms with E-state index in [0.717, 1.165) is 57.8 Å². The van der Waals surface area contributed by atoms with Crippen molar-refractivity contribution in [2.45, 2.75) is 225 Å². The highest BCUT2D eigenvalue weighted by molar-refractivity contribution is 7.45. The largest absolute Gasteiger partial charge is 0.756 e. The zero-order valence-corrected chi connectivity index (χ0v) is 35.2. The SMILES string of the molecule is [2H]C([2H])(OP(=O)([O-])OC[C@H](COC(=O)CCCCCCCCCCCCCCCCC)OC(=O)CCCCCCCCCCCCCCCCC)C([2H])([2H])[N+](C([2H])([2H])[2H])(C([2H])([2H])[2H])C([2H])([2H])[2H]. The van der Waals surface area contributed by atoms with Crippen LogP contribution in [0.4, 0.5) is 0 Å². The number of rotatable bonds is 42. The molecule has 0 aromatic carbocycles. The van der Waals surface area contributed by atoms with E-state index in [4.69, 9.17) is 31.8 Å². The molecule has 0 N–H and O–H groups in total. The third kappa shape index (κ3) is 40.7. The van der Waals surface area contributed by atoms with E-state index in [1.807, 2.05) is 0 Å². The molecule has 9 nitrogen and oxygen atoms in total. The summed E-state index contributed by atoms with van der Waals surface area (Å²) in [7, 11) is -6.14. The van der Waals surface area contributed by atoms with Crippen molar-refractivity contribution in [3.8, 4) is 0 Å². The van der Waals surface area contributed by atoms with Crippen molar-refractivity contribution < 1.29 is 59.9 Å². The molecular formula is C44H88NO8P. The second kappa shape index (κ2) is 37.6. The average molecular weight is 803 g/mol. The summed E-state index contributed by atoms with van der Waals surface area (Å²) in [5.41, 5.74) is 0. The Kier molecular flexibility index (Phi) is 23.6. The van der Waals surface area contributed by atoms with Crippen molar-refractivity contribution in [1.29, 1.82) is 0 Å². The molecule has 0 aliphatic rings. The van der Waals surface area contributed by atoms with Crippen molar-refractivity contribution in [3.05, 3.63) is 0 Å². The summed E-state index contributed by atoms with van der Waals surface area (Å²) in [6, 6.07) is 0. The molecule has 2 atom stereocenters. The van der Waals surface area contributed by atoms with Crippen molar-refractivity contribution in [2.75, 3.05) is 47.2 Å². The van der Waals surface area contributed by atoms with Crippen molar-refractivity contribution in [2.24, 2.45) is 0 Å². The van der Waals surface area contributed by atoms with Crippen LogP contribution in [-0.2, 0) is 32.7 Å². The molecule has 322 valence electrons. The molecule has 0 radical (unpaired) electrons. The Morgan fingerprint density at radius 2 is 0.907 bits per heavy atom. The Bertz CT molecular complexity index is 1320. The fourth-order valence-electron chi connectivity index (χ4n) is 6.25. The number of hydrogen-bond donors (Lipinski definition) is 0. The molecule has 1 unspecified atom stereocenters. The number of carbonyl (C=O) groups excluding carboxylic acids is 2. The van der Waals surface area contributed by atoms with E-state index in [1.54, 1.807) is 0 Å². The second-order valence-corrected chi connectivity index (χ2v) is 16.2. The topological polar surface area (TPSA) is 111 Å². The van der Waals surface area contributed by atoms with Gasteiger partial charge in [0.05, 0.1) is 45.4 Å². The highest BCUT2D eigenvalue weighted by atomic mass is 31.2. The summed E-state index contributed by atoms with van der Waals surface area (Å²) in [4.78, 5) is 38.5. The lowest BCUT2D eigenvalue weighted by molar-refractivity contribution is -0.870.